The number of nitrogens with zero attached hydrogens (tertiary/aromatic N) is 1. The first-order valence-corrected chi connectivity index (χ1v) is 6.49. The lowest BCUT2D eigenvalue weighted by atomic mass is 10.0. The van der Waals surface area contributed by atoms with Crippen molar-refractivity contribution in [2.45, 2.75) is 20.4 Å². The van der Waals surface area contributed by atoms with Gasteiger partial charge >= 0.3 is 0 Å². The fraction of sp³-hybridized carbons (Fsp3) is 0.267. The standard InChI is InChI=1S/C15H17N3O3/c1-9-6-10(2)11(13(7-9)21-3)8-16-15(20)12-4-5-14(19)18-17-12/h4-7H,8H2,1-3H3,(H,16,20)(H,18,19). The molecule has 0 saturated heterocycles. The molecule has 0 aliphatic heterocycles. The third kappa shape index (κ3) is 3.47. The van der Waals surface area contributed by atoms with E-state index >= 15 is 0 Å². The van der Waals surface area contributed by atoms with Crippen molar-refractivity contribution in [3.8, 4) is 5.75 Å². The van der Waals surface area contributed by atoms with Crippen LogP contribution in [0.3, 0.4) is 0 Å². The van der Waals surface area contributed by atoms with E-state index < -0.39 is 0 Å². The van der Waals surface area contributed by atoms with E-state index in [2.05, 4.69) is 15.5 Å². The van der Waals surface area contributed by atoms with Crippen molar-refractivity contribution in [1.29, 1.82) is 0 Å². The predicted molar refractivity (Wildman–Crippen MR) is 78.5 cm³/mol. The number of aryl methyl sites for hydroxylation is 2. The van der Waals surface area contributed by atoms with Crippen LogP contribution in [0.4, 0.5) is 0 Å². The Morgan fingerprint density at radius 3 is 2.71 bits per heavy atom. The molecule has 0 saturated carbocycles. The lowest BCUT2D eigenvalue weighted by Gasteiger charge is -2.13. The second-order valence-corrected chi connectivity index (χ2v) is 4.75. The third-order valence-electron chi connectivity index (χ3n) is 3.13. The molecule has 0 atom stereocenters. The van der Waals surface area contributed by atoms with Crippen LogP contribution >= 0.6 is 0 Å². The number of nitrogens with one attached hydrogen (secondary N) is 2. The minimum absolute atomic E-state index is 0.165. The van der Waals surface area contributed by atoms with Crippen LogP contribution in [0.1, 0.15) is 27.2 Å². The summed E-state index contributed by atoms with van der Waals surface area (Å²) in [5.41, 5.74) is 2.88. The maximum atomic E-state index is 12.0. The van der Waals surface area contributed by atoms with Crippen molar-refractivity contribution < 1.29 is 9.53 Å². The van der Waals surface area contributed by atoms with Gasteiger partial charge in [0.15, 0.2) is 0 Å². The van der Waals surface area contributed by atoms with Crippen LogP contribution in [0, 0.1) is 13.8 Å². The third-order valence-corrected chi connectivity index (χ3v) is 3.13. The van der Waals surface area contributed by atoms with E-state index in [0.29, 0.717) is 6.54 Å². The summed E-state index contributed by atoms with van der Waals surface area (Å²) in [5, 5.41) is 8.68. The van der Waals surface area contributed by atoms with E-state index in [1.54, 1.807) is 7.11 Å². The minimum Gasteiger partial charge on any atom is -0.496 e. The molecule has 0 aliphatic rings. The molecule has 1 heterocycles. The van der Waals surface area contributed by atoms with E-state index in [9.17, 15) is 9.59 Å². The fourth-order valence-electron chi connectivity index (χ4n) is 2.10. The number of aromatic nitrogens is 2. The quantitative estimate of drug-likeness (QED) is 0.888. The van der Waals surface area contributed by atoms with Gasteiger partial charge in [-0.05, 0) is 37.1 Å². The van der Waals surface area contributed by atoms with Crippen LogP contribution in [0.2, 0.25) is 0 Å². The smallest absolute Gasteiger partial charge is 0.271 e. The average molecular weight is 287 g/mol. The molecular formula is C15H17N3O3. The predicted octanol–water partition coefficient (Wildman–Crippen LogP) is 1.33. The Hall–Kier alpha value is -2.63. The summed E-state index contributed by atoms with van der Waals surface area (Å²) in [5.74, 6) is 0.385. The first kappa shape index (κ1) is 14.8. The zero-order chi connectivity index (χ0) is 15.4. The summed E-state index contributed by atoms with van der Waals surface area (Å²) >= 11 is 0. The molecule has 1 aromatic carbocycles. The van der Waals surface area contributed by atoms with Crippen molar-refractivity contribution in [3.05, 3.63) is 57.0 Å². The molecular weight excluding hydrogens is 270 g/mol. The normalized spacial score (nSPS) is 10.2. The van der Waals surface area contributed by atoms with Gasteiger partial charge in [-0.15, -0.1) is 0 Å². The Morgan fingerprint density at radius 2 is 2.10 bits per heavy atom. The van der Waals surface area contributed by atoms with E-state index in [1.165, 1.54) is 12.1 Å². The number of H-pyrrole nitrogens is 1. The van der Waals surface area contributed by atoms with Gasteiger partial charge in [-0.2, -0.15) is 5.10 Å². The Kier molecular flexibility index (Phi) is 4.37. The summed E-state index contributed by atoms with van der Waals surface area (Å²) < 4.78 is 5.35. The summed E-state index contributed by atoms with van der Waals surface area (Å²) in [6, 6.07) is 6.60. The number of carbonyl (C=O) groups is 1. The SMILES string of the molecule is COc1cc(C)cc(C)c1CNC(=O)c1ccc(=O)[nH]n1. The number of hydrogen-bond donors (Lipinski definition) is 2. The first-order valence-electron chi connectivity index (χ1n) is 6.49. The number of rotatable bonds is 4. The van der Waals surface area contributed by atoms with E-state index in [1.807, 2.05) is 26.0 Å². The summed E-state index contributed by atoms with van der Waals surface area (Å²) in [7, 11) is 1.60. The zero-order valence-corrected chi connectivity index (χ0v) is 12.2. The number of hydrogen-bond acceptors (Lipinski definition) is 4. The second-order valence-electron chi connectivity index (χ2n) is 4.75. The van der Waals surface area contributed by atoms with Crippen molar-refractivity contribution in [2.75, 3.05) is 7.11 Å². The van der Waals surface area contributed by atoms with E-state index in [-0.39, 0.29) is 17.2 Å². The van der Waals surface area contributed by atoms with Crippen molar-refractivity contribution in [1.82, 2.24) is 15.5 Å². The molecule has 2 rings (SSSR count). The maximum Gasteiger partial charge on any atom is 0.271 e. The topological polar surface area (TPSA) is 84.1 Å². The van der Waals surface area contributed by atoms with Crippen molar-refractivity contribution in [2.24, 2.45) is 0 Å². The number of methoxy groups -OCH3 is 1. The van der Waals surface area contributed by atoms with Crippen LogP contribution in [0.15, 0.2) is 29.1 Å². The van der Waals surface area contributed by atoms with Gasteiger partial charge < -0.3 is 10.1 Å². The molecule has 0 unspecified atom stereocenters. The highest BCUT2D eigenvalue weighted by atomic mass is 16.5. The van der Waals surface area contributed by atoms with Gasteiger partial charge in [0.25, 0.3) is 11.5 Å². The summed E-state index contributed by atoms with van der Waals surface area (Å²) in [4.78, 5) is 22.9. The monoisotopic (exact) mass is 287 g/mol. The highest BCUT2D eigenvalue weighted by Crippen LogP contribution is 2.23. The Labute approximate surface area is 122 Å². The molecule has 2 aromatic rings. The highest BCUT2D eigenvalue weighted by molar-refractivity contribution is 5.91. The van der Waals surface area contributed by atoms with Crippen LogP contribution < -0.4 is 15.6 Å². The zero-order valence-electron chi connectivity index (χ0n) is 12.2. The number of carbonyl (C=O) groups excluding carboxylic acids is 1. The molecule has 21 heavy (non-hydrogen) atoms. The Morgan fingerprint density at radius 1 is 1.33 bits per heavy atom. The fourth-order valence-corrected chi connectivity index (χ4v) is 2.10. The van der Waals surface area contributed by atoms with Gasteiger partial charge in [-0.3, -0.25) is 9.59 Å². The molecule has 6 nitrogen and oxygen atoms in total. The van der Waals surface area contributed by atoms with Crippen LogP contribution in [0.5, 0.6) is 5.75 Å². The average Bonchev–Trinajstić information content (AvgIpc) is 2.46. The number of ether oxygens (including phenoxy) is 1. The lowest BCUT2D eigenvalue weighted by molar-refractivity contribution is 0.0944. The lowest BCUT2D eigenvalue weighted by Crippen LogP contribution is -2.25. The molecule has 110 valence electrons. The molecule has 1 aromatic heterocycles. The highest BCUT2D eigenvalue weighted by Gasteiger charge is 2.11. The van der Waals surface area contributed by atoms with Crippen LogP contribution in [-0.4, -0.2) is 23.2 Å². The molecule has 0 aliphatic carbocycles. The van der Waals surface area contributed by atoms with E-state index in [4.69, 9.17) is 4.74 Å². The first-order chi connectivity index (χ1) is 10.0. The molecule has 0 bridgehead atoms. The van der Waals surface area contributed by atoms with Crippen molar-refractivity contribution in [3.63, 3.8) is 0 Å². The summed E-state index contributed by atoms with van der Waals surface area (Å²) in [6.07, 6.45) is 0. The van der Waals surface area contributed by atoms with Gasteiger partial charge in [0.1, 0.15) is 11.4 Å². The van der Waals surface area contributed by atoms with Gasteiger partial charge in [0.2, 0.25) is 0 Å². The van der Waals surface area contributed by atoms with Gasteiger partial charge in [-0.1, -0.05) is 6.07 Å². The number of aromatic amines is 1. The second kappa shape index (κ2) is 6.21. The Bertz CT molecular complexity index is 702. The van der Waals surface area contributed by atoms with Crippen LogP contribution in [-0.2, 0) is 6.54 Å². The molecule has 2 N–H and O–H groups in total. The molecule has 0 fully saturated rings. The van der Waals surface area contributed by atoms with Gasteiger partial charge in [0, 0.05) is 18.2 Å². The van der Waals surface area contributed by atoms with Gasteiger partial charge in [-0.25, -0.2) is 5.10 Å². The molecule has 0 radical (unpaired) electrons. The van der Waals surface area contributed by atoms with Crippen molar-refractivity contribution >= 4 is 5.91 Å². The Balaban J connectivity index is 2.14. The van der Waals surface area contributed by atoms with E-state index in [0.717, 1.165) is 22.4 Å². The maximum absolute atomic E-state index is 12.0. The van der Waals surface area contributed by atoms with Crippen LogP contribution in [0.25, 0.3) is 0 Å². The van der Waals surface area contributed by atoms with Gasteiger partial charge in [0.05, 0.1) is 7.11 Å². The molecule has 0 spiro atoms. The number of amides is 1. The molecule has 6 heteroatoms. The number of benzene rings is 1. The minimum atomic E-state index is -0.353. The largest absolute Gasteiger partial charge is 0.496 e. The molecule has 1 amide bonds. The summed E-state index contributed by atoms with van der Waals surface area (Å²) in [6.45, 7) is 4.28.